The summed E-state index contributed by atoms with van der Waals surface area (Å²) in [4.78, 5) is 4.62. The second-order valence-corrected chi connectivity index (χ2v) is 5.33. The summed E-state index contributed by atoms with van der Waals surface area (Å²) >= 11 is 0. The molecule has 2 rings (SSSR count). The van der Waals surface area contributed by atoms with E-state index in [1.807, 2.05) is 12.1 Å². The largest absolute Gasteiger partial charge is 0.469 e. The molecular weight excluding hydrogens is 417 g/mol. The van der Waals surface area contributed by atoms with Crippen molar-refractivity contribution in [2.24, 2.45) is 4.99 Å². The van der Waals surface area contributed by atoms with Gasteiger partial charge in [0, 0.05) is 26.6 Å². The number of hydrogen-bond acceptors (Lipinski definition) is 3. The molecule has 6 heteroatoms. The van der Waals surface area contributed by atoms with Gasteiger partial charge in [0.2, 0.25) is 0 Å². The van der Waals surface area contributed by atoms with Crippen molar-refractivity contribution in [2.45, 2.75) is 19.9 Å². The lowest BCUT2D eigenvalue weighted by Crippen LogP contribution is -2.40. The lowest BCUT2D eigenvalue weighted by atomic mass is 10.1. The van der Waals surface area contributed by atoms with E-state index < -0.39 is 0 Å². The number of guanidine groups is 1. The quantitative estimate of drug-likeness (QED) is 0.285. The fourth-order valence-electron chi connectivity index (χ4n) is 2.07. The highest BCUT2D eigenvalue weighted by atomic mass is 127. The number of ether oxygens (including phenoxy) is 1. The minimum Gasteiger partial charge on any atom is -0.469 e. The highest BCUT2D eigenvalue weighted by molar-refractivity contribution is 14.0. The molecule has 0 aliphatic rings. The first-order valence-corrected chi connectivity index (χ1v) is 7.87. The standard InChI is InChI=1S/C18H25N3O2.HI/c1-15-5-7-16(8-6-15)14-21-18(20-11-13-22-2)19-10-9-17-4-3-12-23-17;/h3-8,12H,9-11,13-14H2,1-2H3,(H2,19,20,21);1H. The second-order valence-electron chi connectivity index (χ2n) is 5.33. The third-order valence-electron chi connectivity index (χ3n) is 3.38. The van der Waals surface area contributed by atoms with Gasteiger partial charge in [-0.15, -0.1) is 24.0 Å². The van der Waals surface area contributed by atoms with Gasteiger partial charge in [-0.25, -0.2) is 4.99 Å². The summed E-state index contributed by atoms with van der Waals surface area (Å²) in [7, 11) is 1.69. The average molecular weight is 443 g/mol. The minimum absolute atomic E-state index is 0. The number of furan rings is 1. The Labute approximate surface area is 160 Å². The molecule has 0 aliphatic heterocycles. The number of nitrogens with zero attached hydrogens (tertiary/aromatic N) is 1. The molecular formula is C18H26IN3O2. The maximum Gasteiger partial charge on any atom is 0.191 e. The van der Waals surface area contributed by atoms with Gasteiger partial charge in [-0.1, -0.05) is 29.8 Å². The lowest BCUT2D eigenvalue weighted by Gasteiger charge is -2.12. The molecule has 0 spiro atoms. The van der Waals surface area contributed by atoms with Crippen LogP contribution >= 0.6 is 24.0 Å². The predicted molar refractivity (Wildman–Crippen MR) is 108 cm³/mol. The molecule has 0 bridgehead atoms. The zero-order valence-electron chi connectivity index (χ0n) is 14.2. The molecule has 1 heterocycles. The molecule has 0 atom stereocenters. The second kappa shape index (κ2) is 11.9. The van der Waals surface area contributed by atoms with E-state index in [4.69, 9.17) is 9.15 Å². The number of nitrogens with one attached hydrogen (secondary N) is 2. The van der Waals surface area contributed by atoms with Crippen LogP contribution in [0.4, 0.5) is 0 Å². The zero-order chi connectivity index (χ0) is 16.3. The molecule has 5 nitrogen and oxygen atoms in total. The smallest absolute Gasteiger partial charge is 0.191 e. The Morgan fingerprint density at radius 3 is 2.54 bits per heavy atom. The first-order valence-electron chi connectivity index (χ1n) is 7.87. The van der Waals surface area contributed by atoms with Crippen molar-refractivity contribution in [3.05, 3.63) is 59.5 Å². The van der Waals surface area contributed by atoms with Gasteiger partial charge in [0.05, 0.1) is 19.4 Å². The van der Waals surface area contributed by atoms with Crippen LogP contribution in [0.25, 0.3) is 0 Å². The van der Waals surface area contributed by atoms with Gasteiger partial charge >= 0.3 is 0 Å². The number of aliphatic imine (C=N–C) groups is 1. The Morgan fingerprint density at radius 1 is 1.12 bits per heavy atom. The Hall–Kier alpha value is -1.54. The summed E-state index contributed by atoms with van der Waals surface area (Å²) in [6, 6.07) is 12.3. The van der Waals surface area contributed by atoms with Crippen LogP contribution in [0.3, 0.4) is 0 Å². The fourth-order valence-corrected chi connectivity index (χ4v) is 2.07. The Kier molecular flexibility index (Phi) is 10.2. The maximum absolute atomic E-state index is 5.33. The van der Waals surface area contributed by atoms with E-state index >= 15 is 0 Å². The van der Waals surface area contributed by atoms with Gasteiger partial charge in [-0.05, 0) is 24.6 Å². The van der Waals surface area contributed by atoms with E-state index in [2.05, 4.69) is 46.8 Å². The van der Waals surface area contributed by atoms with Crippen LogP contribution in [0.1, 0.15) is 16.9 Å². The number of benzene rings is 1. The Balaban J connectivity index is 0.00000288. The molecule has 2 N–H and O–H groups in total. The molecule has 0 fully saturated rings. The van der Waals surface area contributed by atoms with Crippen LogP contribution in [0.15, 0.2) is 52.1 Å². The van der Waals surface area contributed by atoms with E-state index in [0.29, 0.717) is 13.2 Å². The topological polar surface area (TPSA) is 58.8 Å². The van der Waals surface area contributed by atoms with Crippen molar-refractivity contribution in [3.8, 4) is 0 Å². The number of halogens is 1. The zero-order valence-corrected chi connectivity index (χ0v) is 16.6. The molecule has 0 unspecified atom stereocenters. The van der Waals surface area contributed by atoms with Crippen LogP contribution in [-0.4, -0.2) is 32.8 Å². The van der Waals surface area contributed by atoms with Crippen molar-refractivity contribution < 1.29 is 9.15 Å². The summed E-state index contributed by atoms with van der Waals surface area (Å²) in [5, 5.41) is 6.59. The summed E-state index contributed by atoms with van der Waals surface area (Å²) < 4.78 is 10.4. The lowest BCUT2D eigenvalue weighted by molar-refractivity contribution is 0.203. The number of aryl methyl sites for hydroxylation is 1. The van der Waals surface area contributed by atoms with Gasteiger partial charge in [0.25, 0.3) is 0 Å². The average Bonchev–Trinajstić information content (AvgIpc) is 3.07. The molecule has 0 saturated carbocycles. The van der Waals surface area contributed by atoms with Crippen molar-refractivity contribution >= 4 is 29.9 Å². The summed E-state index contributed by atoms with van der Waals surface area (Å²) in [6.45, 7) is 4.85. The third-order valence-corrected chi connectivity index (χ3v) is 3.38. The van der Waals surface area contributed by atoms with Crippen molar-refractivity contribution in [1.29, 1.82) is 0 Å². The molecule has 132 valence electrons. The van der Waals surface area contributed by atoms with Crippen molar-refractivity contribution in [2.75, 3.05) is 26.8 Å². The number of methoxy groups -OCH3 is 1. The Morgan fingerprint density at radius 2 is 1.88 bits per heavy atom. The third kappa shape index (κ3) is 7.83. The minimum atomic E-state index is 0. The summed E-state index contributed by atoms with van der Waals surface area (Å²) in [5.41, 5.74) is 2.45. The van der Waals surface area contributed by atoms with E-state index in [-0.39, 0.29) is 24.0 Å². The SMILES string of the molecule is COCCNC(=NCc1ccc(C)cc1)NCCc1ccco1.I. The van der Waals surface area contributed by atoms with E-state index in [9.17, 15) is 0 Å². The maximum atomic E-state index is 5.33. The number of rotatable bonds is 8. The summed E-state index contributed by atoms with van der Waals surface area (Å²) in [6.07, 6.45) is 2.51. The van der Waals surface area contributed by atoms with Gasteiger partial charge in [-0.3, -0.25) is 0 Å². The highest BCUT2D eigenvalue weighted by Gasteiger charge is 2.00. The van der Waals surface area contributed by atoms with Gasteiger partial charge < -0.3 is 19.8 Å². The van der Waals surface area contributed by atoms with E-state index in [1.54, 1.807) is 13.4 Å². The molecule has 0 saturated heterocycles. The summed E-state index contributed by atoms with van der Waals surface area (Å²) in [5.74, 6) is 1.75. The van der Waals surface area contributed by atoms with Gasteiger partial charge in [0.15, 0.2) is 5.96 Å². The predicted octanol–water partition coefficient (Wildman–Crippen LogP) is 3.13. The molecule has 1 aromatic heterocycles. The first-order chi connectivity index (χ1) is 11.3. The van der Waals surface area contributed by atoms with Crippen LogP contribution in [-0.2, 0) is 17.7 Å². The van der Waals surface area contributed by atoms with Crippen LogP contribution in [0.2, 0.25) is 0 Å². The van der Waals surface area contributed by atoms with Gasteiger partial charge in [0.1, 0.15) is 5.76 Å². The molecule has 0 radical (unpaired) electrons. The van der Waals surface area contributed by atoms with Gasteiger partial charge in [-0.2, -0.15) is 0 Å². The van der Waals surface area contributed by atoms with E-state index in [1.165, 1.54) is 11.1 Å². The normalized spacial score (nSPS) is 11.0. The molecule has 0 amide bonds. The molecule has 1 aromatic carbocycles. The van der Waals surface area contributed by atoms with Crippen molar-refractivity contribution in [3.63, 3.8) is 0 Å². The van der Waals surface area contributed by atoms with Crippen molar-refractivity contribution in [1.82, 2.24) is 10.6 Å². The Bertz CT molecular complexity index is 583. The molecule has 2 aromatic rings. The molecule has 24 heavy (non-hydrogen) atoms. The van der Waals surface area contributed by atoms with E-state index in [0.717, 1.165) is 31.2 Å². The first kappa shape index (κ1) is 20.5. The van der Waals surface area contributed by atoms with Crippen LogP contribution in [0.5, 0.6) is 0 Å². The fraction of sp³-hybridized carbons (Fsp3) is 0.389. The molecule has 0 aliphatic carbocycles. The number of hydrogen-bond donors (Lipinski definition) is 2. The van der Waals surface area contributed by atoms with Crippen LogP contribution in [0, 0.1) is 6.92 Å². The van der Waals surface area contributed by atoms with Crippen LogP contribution < -0.4 is 10.6 Å². The monoisotopic (exact) mass is 443 g/mol. The highest BCUT2D eigenvalue weighted by Crippen LogP contribution is 2.04.